The molecule has 7 nitrogen and oxygen atoms in total. The quantitative estimate of drug-likeness (QED) is 0.266. The Morgan fingerprint density at radius 2 is 1.57 bits per heavy atom. The van der Waals surface area contributed by atoms with Crippen molar-refractivity contribution in [3.63, 3.8) is 0 Å². The zero-order chi connectivity index (χ0) is 26.3. The number of fused-ring (bicyclic) bond motifs is 1. The van der Waals surface area contributed by atoms with Crippen LogP contribution >= 0.6 is 0 Å². The van der Waals surface area contributed by atoms with Crippen molar-refractivity contribution in [3.05, 3.63) is 99.5 Å². The van der Waals surface area contributed by atoms with Crippen LogP contribution in [0.15, 0.2) is 65.5 Å². The van der Waals surface area contributed by atoms with Gasteiger partial charge in [-0.25, -0.2) is 0 Å². The molecule has 0 saturated carbocycles. The van der Waals surface area contributed by atoms with Crippen LogP contribution in [-0.4, -0.2) is 49.9 Å². The van der Waals surface area contributed by atoms with Crippen molar-refractivity contribution >= 4 is 45.6 Å². The first-order chi connectivity index (χ1) is 17.8. The molecule has 8 heteroatoms. The summed E-state index contributed by atoms with van der Waals surface area (Å²) in [6.45, 7) is 10.2. The molecular formula is C29H29N6OTl. The predicted octanol–water partition coefficient (Wildman–Crippen LogP) is 4.56. The molecule has 3 heterocycles. The molecule has 5 aromatic rings. The molecule has 0 fully saturated rings. The standard InChI is InChI=1S/C29H29N6O.Tl/c1-6-23(31-25-17-19(3)30-29(33-25)34-20(4)15-16-21(34)5)27-32-24-14-10-11-18(2)26(24)28(36)35(27)22-12-8-7-9-13-22;/h7-16,23H,6H2,1-5H3,(H,30,31,33);. The van der Waals surface area contributed by atoms with Gasteiger partial charge in [0, 0.05) is 0 Å². The Labute approximate surface area is 232 Å². The van der Waals surface area contributed by atoms with Gasteiger partial charge in [0.1, 0.15) is 0 Å². The minimum atomic E-state index is -0.232. The predicted molar refractivity (Wildman–Crippen MR) is 150 cm³/mol. The minimum absolute atomic E-state index is 0.0596. The van der Waals surface area contributed by atoms with Crippen LogP contribution < -0.4 is 14.0 Å². The second-order valence-corrected chi connectivity index (χ2v) is 11.6. The SMILES string of the molecule is CCC(Nc1nc(-n2c(C)ccc2C)nc(C)[c]1[Tl])c1nc2cccc(C)c2c(=O)n1-c1ccccc1. The summed E-state index contributed by atoms with van der Waals surface area (Å²) in [5.74, 6) is 2.14. The summed E-state index contributed by atoms with van der Waals surface area (Å²) in [6, 6.07) is 19.5. The van der Waals surface area contributed by atoms with E-state index in [1.54, 1.807) is 4.57 Å². The summed E-state index contributed by atoms with van der Waals surface area (Å²) in [5, 5.41) is 4.31. The maximum atomic E-state index is 13.9. The number of hydrogen-bond acceptors (Lipinski definition) is 5. The van der Waals surface area contributed by atoms with Crippen molar-refractivity contribution in [2.75, 3.05) is 5.32 Å². The van der Waals surface area contributed by atoms with Gasteiger partial charge in [0.2, 0.25) is 0 Å². The Bertz CT molecular complexity index is 1650. The topological polar surface area (TPSA) is 77.6 Å². The number of hydrogen-bond donors (Lipinski definition) is 1. The second-order valence-electron chi connectivity index (χ2n) is 9.34. The van der Waals surface area contributed by atoms with Gasteiger partial charge >= 0.3 is 233 Å². The normalized spacial score (nSPS) is 12.1. The first kappa shape index (κ1) is 25.3. The van der Waals surface area contributed by atoms with Gasteiger partial charge in [-0.2, -0.15) is 0 Å². The number of anilines is 1. The van der Waals surface area contributed by atoms with Gasteiger partial charge in [0.05, 0.1) is 0 Å². The van der Waals surface area contributed by atoms with Crippen LogP contribution in [0.25, 0.3) is 22.5 Å². The second kappa shape index (κ2) is 10.2. The molecule has 0 saturated heterocycles. The van der Waals surface area contributed by atoms with Crippen LogP contribution in [0.3, 0.4) is 0 Å². The summed E-state index contributed by atoms with van der Waals surface area (Å²) in [6.07, 6.45) is 0.723. The molecule has 0 aliphatic carbocycles. The summed E-state index contributed by atoms with van der Waals surface area (Å²) in [7, 11) is 0. The fraction of sp³-hybridized carbons (Fsp3) is 0.241. The molecule has 0 aliphatic rings. The van der Waals surface area contributed by atoms with E-state index in [0.717, 1.165) is 43.7 Å². The Morgan fingerprint density at radius 3 is 2.24 bits per heavy atom. The van der Waals surface area contributed by atoms with Crippen LogP contribution in [0.1, 0.15) is 47.9 Å². The Hall–Kier alpha value is -3.34. The number of nitrogens with one attached hydrogen (secondary N) is 1. The first-order valence-corrected chi connectivity index (χ1v) is 14.7. The van der Waals surface area contributed by atoms with Crippen LogP contribution in [0.5, 0.6) is 0 Å². The van der Waals surface area contributed by atoms with E-state index >= 15 is 0 Å². The molecule has 0 spiro atoms. The van der Waals surface area contributed by atoms with Crippen LogP contribution in [-0.2, 0) is 0 Å². The summed E-state index contributed by atoms with van der Waals surface area (Å²) in [4.78, 5) is 28.8. The van der Waals surface area contributed by atoms with Crippen molar-refractivity contribution in [3.8, 4) is 11.6 Å². The Morgan fingerprint density at radius 1 is 0.865 bits per heavy atom. The van der Waals surface area contributed by atoms with Gasteiger partial charge < -0.3 is 0 Å². The zero-order valence-corrected chi connectivity index (χ0v) is 26.3. The third-order valence-corrected chi connectivity index (χ3v) is 9.46. The molecule has 1 unspecified atom stereocenters. The van der Waals surface area contributed by atoms with Crippen molar-refractivity contribution in [1.82, 2.24) is 24.1 Å². The summed E-state index contributed by atoms with van der Waals surface area (Å²) >= 11 is 0.537. The number of nitrogens with zero attached hydrogens (tertiary/aromatic N) is 5. The van der Waals surface area contributed by atoms with Gasteiger partial charge in [-0.15, -0.1) is 0 Å². The van der Waals surface area contributed by atoms with E-state index in [1.807, 2.05) is 62.4 Å². The number of rotatable bonds is 6. The van der Waals surface area contributed by atoms with Gasteiger partial charge in [-0.05, 0) is 0 Å². The number of benzene rings is 2. The average Bonchev–Trinajstić information content (AvgIpc) is 3.22. The van der Waals surface area contributed by atoms with Crippen molar-refractivity contribution in [2.45, 2.75) is 47.1 Å². The molecule has 0 amide bonds. The molecule has 2 aromatic carbocycles. The third kappa shape index (κ3) is 4.60. The first-order valence-electron chi connectivity index (χ1n) is 12.4. The van der Waals surface area contributed by atoms with Crippen molar-refractivity contribution in [2.24, 2.45) is 0 Å². The summed E-state index contributed by atoms with van der Waals surface area (Å²) < 4.78 is 4.95. The van der Waals surface area contributed by atoms with E-state index < -0.39 is 0 Å². The fourth-order valence-electron chi connectivity index (χ4n) is 4.75. The molecule has 0 radical (unpaired) electrons. The van der Waals surface area contributed by atoms with Crippen LogP contribution in [0, 0.1) is 27.7 Å². The van der Waals surface area contributed by atoms with E-state index in [1.165, 1.54) is 0 Å². The van der Waals surface area contributed by atoms with E-state index in [4.69, 9.17) is 15.0 Å². The Balaban J connectivity index is 1.69. The maximum absolute atomic E-state index is 13.9. The molecule has 184 valence electrons. The van der Waals surface area contributed by atoms with Crippen molar-refractivity contribution in [1.29, 1.82) is 0 Å². The van der Waals surface area contributed by atoms with Gasteiger partial charge in [0.15, 0.2) is 0 Å². The Kier molecular flexibility index (Phi) is 6.98. The molecule has 37 heavy (non-hydrogen) atoms. The molecule has 3 aromatic heterocycles. The summed E-state index contributed by atoms with van der Waals surface area (Å²) in [5.41, 5.74) is 5.51. The molecule has 1 N–H and O–H groups in total. The average molecular weight is 682 g/mol. The molecule has 0 aliphatic heterocycles. The van der Waals surface area contributed by atoms with Crippen LogP contribution in [0.2, 0.25) is 0 Å². The molecular weight excluding hydrogens is 653 g/mol. The van der Waals surface area contributed by atoms with E-state index in [-0.39, 0.29) is 11.6 Å². The van der Waals surface area contributed by atoms with Gasteiger partial charge in [-0.1, -0.05) is 0 Å². The van der Waals surface area contributed by atoms with E-state index in [2.05, 4.69) is 42.8 Å². The molecule has 0 bridgehead atoms. The number of para-hydroxylation sites is 1. The number of aryl methyl sites for hydroxylation is 4. The van der Waals surface area contributed by atoms with E-state index in [0.29, 0.717) is 48.4 Å². The monoisotopic (exact) mass is 682 g/mol. The number of aromatic nitrogens is 5. The van der Waals surface area contributed by atoms with Crippen LogP contribution in [0.4, 0.5) is 5.82 Å². The molecule has 1 atom stereocenters. The third-order valence-electron chi connectivity index (χ3n) is 6.77. The van der Waals surface area contributed by atoms with Crippen molar-refractivity contribution < 1.29 is 0 Å². The zero-order valence-electron chi connectivity index (χ0n) is 21.8. The van der Waals surface area contributed by atoms with Gasteiger partial charge in [0.25, 0.3) is 0 Å². The van der Waals surface area contributed by atoms with Gasteiger partial charge in [-0.3, -0.25) is 0 Å². The van der Waals surface area contributed by atoms with E-state index in [9.17, 15) is 4.79 Å². The fourth-order valence-corrected chi connectivity index (χ4v) is 5.57. The molecule has 5 rings (SSSR count).